The van der Waals surface area contributed by atoms with Crippen LogP contribution in [0.3, 0.4) is 0 Å². The van der Waals surface area contributed by atoms with Crippen molar-refractivity contribution in [2.45, 2.75) is 4.90 Å². The number of nitrogens with one attached hydrogen (secondary N) is 1. The lowest BCUT2D eigenvalue weighted by atomic mass is 10.1. The molecule has 0 saturated carbocycles. The summed E-state index contributed by atoms with van der Waals surface area (Å²) in [4.78, 5) is 24.3. The molecule has 0 aliphatic rings. The molecule has 0 aliphatic carbocycles. The number of rotatable bonds is 10. The smallest absolute Gasteiger partial charge is 0.283 e. The molecule has 0 bridgehead atoms. The van der Waals surface area contributed by atoms with Gasteiger partial charge in [-0.1, -0.05) is 31.9 Å². The lowest BCUT2D eigenvalue weighted by Crippen LogP contribution is -2.31. The third-order valence-electron chi connectivity index (χ3n) is 3.36. The second-order valence-electron chi connectivity index (χ2n) is 5.21. The van der Waals surface area contributed by atoms with Crippen molar-refractivity contribution >= 4 is 59.0 Å². The van der Waals surface area contributed by atoms with Gasteiger partial charge in [-0.05, 0) is 6.07 Å². The van der Waals surface area contributed by atoms with E-state index < -0.39 is 26.4 Å². The van der Waals surface area contributed by atoms with Crippen LogP contribution in [0.15, 0.2) is 17.0 Å². The molecule has 12 heteroatoms. The van der Waals surface area contributed by atoms with Crippen molar-refractivity contribution in [1.29, 1.82) is 0 Å². The number of carbonyl (C=O) groups excluding carboxylic acids is 1. The van der Waals surface area contributed by atoms with Crippen molar-refractivity contribution in [3.8, 4) is 0 Å². The van der Waals surface area contributed by atoms with E-state index in [1.165, 1.54) is 6.07 Å². The molecule has 0 spiro atoms. The van der Waals surface area contributed by atoms with E-state index in [4.69, 9.17) is 5.11 Å². The lowest BCUT2D eigenvalue weighted by Gasteiger charge is -2.25. The normalized spacial score (nSPS) is 11.2. The predicted octanol–water partition coefficient (Wildman–Crippen LogP) is 1.32. The van der Waals surface area contributed by atoms with Crippen LogP contribution in [-0.2, 0) is 9.84 Å². The first kappa shape index (κ1) is 22.8. The molecule has 0 unspecified atom stereocenters. The molecule has 0 saturated heterocycles. The van der Waals surface area contributed by atoms with Crippen LogP contribution in [0.5, 0.6) is 0 Å². The molecule has 0 atom stereocenters. The highest BCUT2D eigenvalue weighted by Crippen LogP contribution is 2.33. The van der Waals surface area contributed by atoms with Gasteiger partial charge in [-0.25, -0.2) is 8.42 Å². The topological polar surface area (TPSA) is 130 Å². The number of nitro benzene ring substituents is 1. The van der Waals surface area contributed by atoms with E-state index in [1.54, 1.807) is 4.90 Å². The number of sulfone groups is 1. The summed E-state index contributed by atoms with van der Waals surface area (Å²) in [5.74, 6) is -0.760. The van der Waals surface area contributed by atoms with Gasteiger partial charge in [0.1, 0.15) is 5.56 Å². The lowest BCUT2D eigenvalue weighted by molar-refractivity contribution is -0.385. The SMILES string of the molecule is CS(=O)(=O)c1cc([N+](=O)[O-])c(C(=O)NCCO)cc1N(CCBr)CCBr. The Kier molecular flexibility index (Phi) is 8.93. The number of benzene rings is 1. The van der Waals surface area contributed by atoms with E-state index in [0.717, 1.165) is 12.3 Å². The van der Waals surface area contributed by atoms with Gasteiger partial charge in [0.05, 0.1) is 22.1 Å². The van der Waals surface area contributed by atoms with Crippen LogP contribution in [0.1, 0.15) is 10.4 Å². The zero-order valence-electron chi connectivity index (χ0n) is 13.9. The number of hydrogen-bond acceptors (Lipinski definition) is 7. The first-order valence-electron chi connectivity index (χ1n) is 7.45. The summed E-state index contributed by atoms with van der Waals surface area (Å²) in [6, 6.07) is 2.13. The van der Waals surface area contributed by atoms with Crippen molar-refractivity contribution in [3.63, 3.8) is 0 Å². The molecule has 9 nitrogen and oxygen atoms in total. The summed E-state index contributed by atoms with van der Waals surface area (Å²) in [6.45, 7) is 0.464. The van der Waals surface area contributed by atoms with E-state index in [2.05, 4.69) is 37.2 Å². The van der Waals surface area contributed by atoms with Crippen LogP contribution in [0, 0.1) is 10.1 Å². The molecule has 2 N–H and O–H groups in total. The molecule has 1 amide bonds. The van der Waals surface area contributed by atoms with Crippen molar-refractivity contribution in [3.05, 3.63) is 27.8 Å². The van der Waals surface area contributed by atoms with E-state index in [9.17, 15) is 23.3 Å². The molecule has 0 aromatic heterocycles. The number of nitro groups is 1. The number of anilines is 1. The second kappa shape index (κ2) is 10.2. The van der Waals surface area contributed by atoms with Crippen LogP contribution in [-0.4, -0.2) is 67.5 Å². The number of hydrogen-bond donors (Lipinski definition) is 2. The molecule has 1 aromatic rings. The van der Waals surface area contributed by atoms with Crippen LogP contribution >= 0.6 is 31.9 Å². The summed E-state index contributed by atoms with van der Waals surface area (Å²) in [5.41, 5.74) is -0.659. The molecule has 26 heavy (non-hydrogen) atoms. The van der Waals surface area contributed by atoms with Gasteiger partial charge in [0.15, 0.2) is 9.84 Å². The van der Waals surface area contributed by atoms with Crippen molar-refractivity contribution < 1.29 is 23.2 Å². The Bertz CT molecular complexity index is 766. The number of aliphatic hydroxyl groups excluding tert-OH is 1. The average molecular weight is 517 g/mol. The van der Waals surface area contributed by atoms with Crippen molar-refractivity contribution in [1.82, 2.24) is 5.32 Å². The van der Waals surface area contributed by atoms with Crippen molar-refractivity contribution in [2.24, 2.45) is 0 Å². The van der Waals surface area contributed by atoms with Gasteiger partial charge in [-0.2, -0.15) is 0 Å². The molecule has 0 aliphatic heterocycles. The van der Waals surface area contributed by atoms with E-state index in [1.807, 2.05) is 0 Å². The molecule has 0 radical (unpaired) electrons. The van der Waals surface area contributed by atoms with Gasteiger partial charge >= 0.3 is 0 Å². The largest absolute Gasteiger partial charge is 0.395 e. The fourth-order valence-corrected chi connectivity index (χ4v) is 4.01. The quantitative estimate of drug-likeness (QED) is 0.272. The molecule has 146 valence electrons. The monoisotopic (exact) mass is 515 g/mol. The fourth-order valence-electron chi connectivity index (χ4n) is 2.26. The molecule has 0 heterocycles. The summed E-state index contributed by atoms with van der Waals surface area (Å²) in [6.07, 6.45) is 0.960. The minimum atomic E-state index is -3.78. The minimum Gasteiger partial charge on any atom is -0.395 e. The fraction of sp³-hybridized carbons (Fsp3) is 0.500. The molecular weight excluding hydrogens is 498 g/mol. The number of nitrogens with zero attached hydrogens (tertiary/aromatic N) is 2. The standard InChI is InChI=1S/C14H19Br2N3O6S/c1-26(24,25)13-9-11(19(22)23)10(14(21)17-4-7-20)8-12(13)18(5-2-15)6-3-16/h8-9,20H,2-7H2,1H3,(H,17,21). The number of halogens is 2. The van der Waals surface area contributed by atoms with Gasteiger partial charge in [0, 0.05) is 42.6 Å². The average Bonchev–Trinajstić information content (AvgIpc) is 2.57. The first-order valence-corrected chi connectivity index (χ1v) is 11.6. The Hall–Kier alpha value is -1.24. The molecule has 1 rings (SSSR count). The van der Waals surface area contributed by atoms with Gasteiger partial charge < -0.3 is 15.3 Å². The summed E-state index contributed by atoms with van der Waals surface area (Å²) >= 11 is 6.58. The first-order chi connectivity index (χ1) is 12.2. The maximum Gasteiger partial charge on any atom is 0.283 e. The Balaban J connectivity index is 3.68. The van der Waals surface area contributed by atoms with Crippen LogP contribution in [0.2, 0.25) is 0 Å². The number of aliphatic hydroxyl groups is 1. The van der Waals surface area contributed by atoms with E-state index >= 15 is 0 Å². The zero-order chi connectivity index (χ0) is 19.9. The molecule has 1 aromatic carbocycles. The third-order valence-corrected chi connectivity index (χ3v) is 5.20. The van der Waals surface area contributed by atoms with Gasteiger partial charge in [0.2, 0.25) is 0 Å². The van der Waals surface area contributed by atoms with Crippen LogP contribution < -0.4 is 10.2 Å². The van der Waals surface area contributed by atoms with E-state index in [0.29, 0.717) is 23.7 Å². The maximum atomic E-state index is 12.3. The van der Waals surface area contributed by atoms with Gasteiger partial charge in [-0.15, -0.1) is 0 Å². The Morgan fingerprint density at radius 3 is 2.31 bits per heavy atom. The highest BCUT2D eigenvalue weighted by molar-refractivity contribution is 9.09. The number of amides is 1. The number of carbonyl (C=O) groups is 1. The molecular formula is C14H19Br2N3O6S. The van der Waals surface area contributed by atoms with Crippen LogP contribution in [0.4, 0.5) is 11.4 Å². The maximum absolute atomic E-state index is 12.3. The molecule has 0 fully saturated rings. The Labute approximate surface area is 168 Å². The summed E-state index contributed by atoms with van der Waals surface area (Å²) in [5, 5.41) is 23.6. The second-order valence-corrected chi connectivity index (χ2v) is 8.78. The van der Waals surface area contributed by atoms with Crippen molar-refractivity contribution in [2.75, 3.05) is 48.1 Å². The Morgan fingerprint density at radius 1 is 1.31 bits per heavy atom. The third kappa shape index (κ3) is 5.89. The summed E-state index contributed by atoms with van der Waals surface area (Å²) in [7, 11) is -3.78. The van der Waals surface area contributed by atoms with Crippen LogP contribution in [0.25, 0.3) is 0 Å². The minimum absolute atomic E-state index is 0.0777. The number of alkyl halides is 2. The van der Waals surface area contributed by atoms with Gasteiger partial charge in [0.25, 0.3) is 11.6 Å². The van der Waals surface area contributed by atoms with Gasteiger partial charge in [-0.3, -0.25) is 14.9 Å². The van der Waals surface area contributed by atoms with E-state index in [-0.39, 0.29) is 29.3 Å². The summed E-state index contributed by atoms with van der Waals surface area (Å²) < 4.78 is 24.4. The predicted molar refractivity (Wildman–Crippen MR) is 105 cm³/mol. The highest BCUT2D eigenvalue weighted by atomic mass is 79.9. The Morgan fingerprint density at radius 2 is 1.88 bits per heavy atom. The zero-order valence-corrected chi connectivity index (χ0v) is 17.9. The highest BCUT2D eigenvalue weighted by Gasteiger charge is 2.28.